The molecule has 0 amide bonds. The fourth-order valence-electron chi connectivity index (χ4n) is 2.68. The lowest BCUT2D eigenvalue weighted by Crippen LogP contribution is -1.82. The monoisotopic (exact) mass is 362 g/mol. The third-order valence-corrected chi connectivity index (χ3v) is 4.16. The number of aromatic nitrogens is 2. The number of aliphatic imine (C=N–C) groups is 2. The zero-order valence-corrected chi connectivity index (χ0v) is 15.2. The standard InChI is InChI=1S/C24H18N4/c1-3-19(15-25-13-1)17-27-23-9-5-21(6-10-23)22-7-11-24(12-8-22)28-18-20-4-2-14-26-16-20/h1-18H. The van der Waals surface area contributed by atoms with E-state index in [1.807, 2.05) is 61.0 Å². The maximum Gasteiger partial charge on any atom is 0.0630 e. The molecule has 0 N–H and O–H groups in total. The molecule has 2 aromatic heterocycles. The van der Waals surface area contributed by atoms with E-state index < -0.39 is 0 Å². The maximum absolute atomic E-state index is 4.49. The van der Waals surface area contributed by atoms with Gasteiger partial charge in [-0.3, -0.25) is 20.0 Å². The van der Waals surface area contributed by atoms with Crippen molar-refractivity contribution in [1.82, 2.24) is 9.97 Å². The highest BCUT2D eigenvalue weighted by atomic mass is 14.7. The predicted octanol–water partition coefficient (Wildman–Crippen LogP) is 5.64. The van der Waals surface area contributed by atoms with E-state index in [1.165, 1.54) is 0 Å². The summed E-state index contributed by atoms with van der Waals surface area (Å²) in [5.41, 5.74) is 6.06. The maximum atomic E-state index is 4.49. The van der Waals surface area contributed by atoms with Gasteiger partial charge in [-0.2, -0.15) is 0 Å². The van der Waals surface area contributed by atoms with Crippen LogP contribution in [0.25, 0.3) is 11.1 Å². The summed E-state index contributed by atoms with van der Waals surface area (Å²) in [7, 11) is 0. The summed E-state index contributed by atoms with van der Waals surface area (Å²) in [5.74, 6) is 0. The molecule has 4 rings (SSSR count). The van der Waals surface area contributed by atoms with Gasteiger partial charge in [0.2, 0.25) is 0 Å². The summed E-state index contributed by atoms with van der Waals surface area (Å²) in [6, 6.07) is 24.1. The predicted molar refractivity (Wildman–Crippen MR) is 115 cm³/mol. The van der Waals surface area contributed by atoms with E-state index in [9.17, 15) is 0 Å². The second-order valence-corrected chi connectivity index (χ2v) is 6.18. The molecule has 0 aliphatic heterocycles. The van der Waals surface area contributed by atoms with Gasteiger partial charge in [0, 0.05) is 48.3 Å². The second kappa shape index (κ2) is 8.64. The Balaban J connectivity index is 1.44. The first-order chi connectivity index (χ1) is 13.9. The molecule has 0 unspecified atom stereocenters. The van der Waals surface area contributed by atoms with Crippen LogP contribution in [-0.2, 0) is 0 Å². The molecule has 28 heavy (non-hydrogen) atoms. The van der Waals surface area contributed by atoms with Crippen molar-refractivity contribution in [2.24, 2.45) is 9.98 Å². The van der Waals surface area contributed by atoms with Crippen LogP contribution < -0.4 is 0 Å². The molecule has 4 aromatic rings. The highest BCUT2D eigenvalue weighted by Gasteiger charge is 1.98. The van der Waals surface area contributed by atoms with Gasteiger partial charge >= 0.3 is 0 Å². The van der Waals surface area contributed by atoms with E-state index in [0.717, 1.165) is 33.6 Å². The summed E-state index contributed by atoms with van der Waals surface area (Å²) >= 11 is 0. The number of pyridine rings is 2. The normalized spacial score (nSPS) is 11.3. The lowest BCUT2D eigenvalue weighted by Gasteiger charge is -2.03. The Hall–Kier alpha value is -3.92. The molecule has 0 aliphatic rings. The van der Waals surface area contributed by atoms with Gasteiger partial charge in [0.1, 0.15) is 0 Å². The van der Waals surface area contributed by atoms with Crippen molar-refractivity contribution >= 4 is 23.8 Å². The van der Waals surface area contributed by atoms with E-state index >= 15 is 0 Å². The number of benzene rings is 2. The van der Waals surface area contributed by atoms with Gasteiger partial charge in [-0.05, 0) is 47.5 Å². The van der Waals surface area contributed by atoms with Crippen LogP contribution in [0.3, 0.4) is 0 Å². The van der Waals surface area contributed by atoms with Crippen LogP contribution in [-0.4, -0.2) is 22.4 Å². The third kappa shape index (κ3) is 4.62. The molecule has 0 spiro atoms. The van der Waals surface area contributed by atoms with Crippen molar-refractivity contribution in [3.05, 3.63) is 109 Å². The first-order valence-electron chi connectivity index (χ1n) is 8.95. The van der Waals surface area contributed by atoms with Crippen LogP contribution in [0.2, 0.25) is 0 Å². The number of nitrogens with zero attached hydrogens (tertiary/aromatic N) is 4. The third-order valence-electron chi connectivity index (χ3n) is 4.16. The van der Waals surface area contributed by atoms with E-state index in [4.69, 9.17) is 0 Å². The molecule has 0 aliphatic carbocycles. The Labute approximate surface area is 164 Å². The van der Waals surface area contributed by atoms with Gasteiger partial charge in [0.15, 0.2) is 0 Å². The van der Waals surface area contributed by atoms with Crippen molar-refractivity contribution in [2.45, 2.75) is 0 Å². The van der Waals surface area contributed by atoms with Crippen molar-refractivity contribution in [3.8, 4) is 11.1 Å². The molecule has 2 aromatic carbocycles. The lowest BCUT2D eigenvalue weighted by molar-refractivity contribution is 1.32. The lowest BCUT2D eigenvalue weighted by atomic mass is 10.1. The van der Waals surface area contributed by atoms with Crippen LogP contribution in [0, 0.1) is 0 Å². The van der Waals surface area contributed by atoms with E-state index in [2.05, 4.69) is 44.2 Å². The summed E-state index contributed by atoms with van der Waals surface area (Å²) in [4.78, 5) is 17.1. The summed E-state index contributed by atoms with van der Waals surface area (Å²) in [6.07, 6.45) is 10.7. The van der Waals surface area contributed by atoms with E-state index in [1.54, 1.807) is 24.8 Å². The van der Waals surface area contributed by atoms with E-state index in [-0.39, 0.29) is 0 Å². The Kier molecular flexibility index (Phi) is 5.40. The number of hydrogen-bond acceptors (Lipinski definition) is 4. The molecular weight excluding hydrogens is 344 g/mol. The quantitative estimate of drug-likeness (QED) is 0.431. The molecule has 4 nitrogen and oxygen atoms in total. The van der Waals surface area contributed by atoms with Crippen LogP contribution in [0.15, 0.2) is 108 Å². The Morgan fingerprint density at radius 1 is 0.536 bits per heavy atom. The topological polar surface area (TPSA) is 50.5 Å². The van der Waals surface area contributed by atoms with Gasteiger partial charge in [0.05, 0.1) is 11.4 Å². The summed E-state index contributed by atoms with van der Waals surface area (Å²) in [6.45, 7) is 0. The summed E-state index contributed by atoms with van der Waals surface area (Å²) < 4.78 is 0. The Morgan fingerprint density at radius 3 is 1.32 bits per heavy atom. The molecule has 0 radical (unpaired) electrons. The molecule has 2 heterocycles. The molecule has 134 valence electrons. The van der Waals surface area contributed by atoms with Crippen molar-refractivity contribution in [1.29, 1.82) is 0 Å². The largest absolute Gasteiger partial charge is 0.264 e. The average molecular weight is 362 g/mol. The van der Waals surface area contributed by atoms with E-state index in [0.29, 0.717) is 0 Å². The molecule has 0 atom stereocenters. The molecule has 0 saturated carbocycles. The van der Waals surface area contributed by atoms with Crippen molar-refractivity contribution < 1.29 is 0 Å². The highest BCUT2D eigenvalue weighted by Crippen LogP contribution is 2.25. The van der Waals surface area contributed by atoms with Gasteiger partial charge in [-0.1, -0.05) is 36.4 Å². The molecule has 0 bridgehead atoms. The zero-order valence-electron chi connectivity index (χ0n) is 15.2. The molecular formula is C24H18N4. The smallest absolute Gasteiger partial charge is 0.0630 e. The first kappa shape index (κ1) is 17.5. The average Bonchev–Trinajstić information content (AvgIpc) is 2.78. The Morgan fingerprint density at radius 2 is 0.964 bits per heavy atom. The molecule has 0 saturated heterocycles. The van der Waals surface area contributed by atoms with Crippen LogP contribution in [0.4, 0.5) is 11.4 Å². The van der Waals surface area contributed by atoms with Crippen LogP contribution >= 0.6 is 0 Å². The van der Waals surface area contributed by atoms with Gasteiger partial charge < -0.3 is 0 Å². The second-order valence-electron chi connectivity index (χ2n) is 6.18. The molecule has 0 fully saturated rings. The van der Waals surface area contributed by atoms with Crippen LogP contribution in [0.1, 0.15) is 11.1 Å². The fraction of sp³-hybridized carbons (Fsp3) is 0. The number of hydrogen-bond donors (Lipinski definition) is 0. The van der Waals surface area contributed by atoms with Gasteiger partial charge in [0.25, 0.3) is 0 Å². The van der Waals surface area contributed by atoms with Crippen molar-refractivity contribution in [2.75, 3.05) is 0 Å². The minimum atomic E-state index is 0.908. The Bertz CT molecular complexity index is 978. The van der Waals surface area contributed by atoms with Gasteiger partial charge in [-0.15, -0.1) is 0 Å². The fourth-order valence-corrected chi connectivity index (χ4v) is 2.68. The SMILES string of the molecule is C(=Nc1ccc(-c2ccc(N=Cc3cccnc3)cc2)cc1)c1cccnc1. The van der Waals surface area contributed by atoms with Crippen LogP contribution in [0.5, 0.6) is 0 Å². The summed E-state index contributed by atoms with van der Waals surface area (Å²) in [5, 5.41) is 0. The zero-order chi connectivity index (χ0) is 19.0. The van der Waals surface area contributed by atoms with Crippen molar-refractivity contribution in [3.63, 3.8) is 0 Å². The minimum Gasteiger partial charge on any atom is -0.264 e. The number of rotatable bonds is 5. The highest BCUT2D eigenvalue weighted by molar-refractivity contribution is 5.82. The minimum absolute atomic E-state index is 0.908. The first-order valence-corrected chi connectivity index (χ1v) is 8.95. The molecule has 4 heteroatoms. The van der Waals surface area contributed by atoms with Gasteiger partial charge in [-0.25, -0.2) is 0 Å².